The molecule has 3 aromatic rings. The van der Waals surface area contributed by atoms with Crippen molar-refractivity contribution in [1.82, 2.24) is 30.1 Å². The van der Waals surface area contributed by atoms with Gasteiger partial charge in [0.1, 0.15) is 6.07 Å². The van der Waals surface area contributed by atoms with Gasteiger partial charge in [0, 0.05) is 61.9 Å². The molecule has 2 aromatic heterocycles. The number of hydrogen-bond acceptors (Lipinski definition) is 7. The first-order valence-corrected chi connectivity index (χ1v) is 11.8. The number of pyridine rings is 1. The van der Waals surface area contributed by atoms with Gasteiger partial charge in [0.2, 0.25) is 5.82 Å². The van der Waals surface area contributed by atoms with Gasteiger partial charge in [-0.15, -0.1) is 0 Å². The van der Waals surface area contributed by atoms with Crippen LogP contribution in [-0.2, 0) is 19.4 Å². The molecule has 1 unspecified atom stereocenters. The van der Waals surface area contributed by atoms with E-state index in [9.17, 15) is 9.90 Å². The number of urea groups is 1. The number of aliphatic hydroxyl groups excluding tert-OH is 1. The number of fused-ring (bicyclic) bond motifs is 1. The Hall–Kier alpha value is -3.87. The third-order valence-corrected chi connectivity index (χ3v) is 6.57. The number of aliphatic hydroxyl groups is 1. The maximum atomic E-state index is 12.9. The molecule has 0 spiro atoms. The van der Waals surface area contributed by atoms with Crippen LogP contribution >= 0.6 is 0 Å². The van der Waals surface area contributed by atoms with Crippen molar-refractivity contribution in [1.29, 1.82) is 5.26 Å². The fraction of sp³-hybridized carbons (Fsp3) is 0.346. The molecule has 1 atom stereocenters. The van der Waals surface area contributed by atoms with Gasteiger partial charge < -0.3 is 20.2 Å². The molecule has 1 fully saturated rings. The minimum absolute atomic E-state index is 0.0799. The number of nitrogens with zero attached hydrogens (tertiary/aromatic N) is 6. The van der Waals surface area contributed by atoms with Gasteiger partial charge in [0.15, 0.2) is 0 Å². The highest BCUT2D eigenvalue weighted by Gasteiger charge is 2.30. The normalized spacial score (nSPS) is 16.4. The van der Waals surface area contributed by atoms with Crippen molar-refractivity contribution in [3.05, 3.63) is 77.6 Å². The summed E-state index contributed by atoms with van der Waals surface area (Å²) in [6.07, 6.45) is 6.24. The minimum Gasteiger partial charge on any atom is -0.390 e. The lowest BCUT2D eigenvalue weighted by Gasteiger charge is -2.22. The molecule has 2 amide bonds. The summed E-state index contributed by atoms with van der Waals surface area (Å²) in [5.41, 5.74) is 5.14. The van der Waals surface area contributed by atoms with Crippen LogP contribution in [0.25, 0.3) is 11.1 Å². The fourth-order valence-corrected chi connectivity index (χ4v) is 4.69. The van der Waals surface area contributed by atoms with Crippen LogP contribution < -0.4 is 5.32 Å². The zero-order valence-electron chi connectivity index (χ0n) is 19.3. The topological polar surface area (TPSA) is 118 Å². The first-order valence-electron chi connectivity index (χ1n) is 11.8. The minimum atomic E-state index is -0.616. The van der Waals surface area contributed by atoms with Crippen molar-refractivity contribution < 1.29 is 9.90 Å². The smallest absolute Gasteiger partial charge is 0.320 e. The summed E-state index contributed by atoms with van der Waals surface area (Å²) in [4.78, 5) is 28.8. The van der Waals surface area contributed by atoms with Gasteiger partial charge in [0.05, 0.1) is 18.3 Å². The predicted molar refractivity (Wildman–Crippen MR) is 129 cm³/mol. The van der Waals surface area contributed by atoms with Crippen LogP contribution in [0.2, 0.25) is 0 Å². The lowest BCUT2D eigenvalue weighted by Crippen LogP contribution is -2.43. The number of carbonyl (C=O) groups is 1. The zero-order valence-corrected chi connectivity index (χ0v) is 19.3. The zero-order chi connectivity index (χ0) is 24.2. The van der Waals surface area contributed by atoms with Gasteiger partial charge >= 0.3 is 6.03 Å². The number of benzene rings is 1. The molecule has 3 heterocycles. The highest BCUT2D eigenvalue weighted by Crippen LogP contribution is 2.22. The molecular weight excluding hydrogens is 442 g/mol. The van der Waals surface area contributed by atoms with E-state index < -0.39 is 6.10 Å². The van der Waals surface area contributed by atoms with E-state index in [4.69, 9.17) is 5.26 Å². The lowest BCUT2D eigenvalue weighted by molar-refractivity contribution is 0.123. The van der Waals surface area contributed by atoms with Gasteiger partial charge in [-0.1, -0.05) is 30.3 Å². The van der Waals surface area contributed by atoms with Crippen LogP contribution in [0.5, 0.6) is 0 Å². The van der Waals surface area contributed by atoms with Crippen LogP contribution in [0.1, 0.15) is 22.6 Å². The van der Waals surface area contributed by atoms with Crippen LogP contribution in [0.15, 0.2) is 55.0 Å². The van der Waals surface area contributed by atoms with Gasteiger partial charge in [-0.25, -0.2) is 14.8 Å². The molecule has 5 rings (SSSR count). The van der Waals surface area contributed by atoms with E-state index in [0.717, 1.165) is 29.7 Å². The summed E-state index contributed by atoms with van der Waals surface area (Å²) in [5.74, 6) is 0.125. The quantitative estimate of drug-likeness (QED) is 0.516. The molecule has 9 nitrogen and oxygen atoms in total. The summed E-state index contributed by atoms with van der Waals surface area (Å²) < 4.78 is 0. The van der Waals surface area contributed by atoms with Crippen molar-refractivity contribution in [2.45, 2.75) is 31.5 Å². The second-order valence-electron chi connectivity index (χ2n) is 9.03. The summed E-state index contributed by atoms with van der Waals surface area (Å²) in [6, 6.07) is 14.4. The Morgan fingerprint density at radius 2 is 1.69 bits per heavy atom. The highest BCUT2D eigenvalue weighted by molar-refractivity contribution is 5.76. The summed E-state index contributed by atoms with van der Waals surface area (Å²) in [6.45, 7) is 2.38. The summed E-state index contributed by atoms with van der Waals surface area (Å²) in [5, 5.41) is 22.8. The SMILES string of the molecule is N#Cc1ncc(-c2ccc(CN3CCN(CC(O)CNC4Cc5ccccc5C4)C3=O)nc2)cn1. The molecule has 1 aliphatic heterocycles. The Labute approximate surface area is 204 Å². The first kappa shape index (κ1) is 22.9. The van der Waals surface area contributed by atoms with Crippen LogP contribution in [0, 0.1) is 11.3 Å². The van der Waals surface area contributed by atoms with Gasteiger partial charge in [-0.05, 0) is 30.0 Å². The largest absolute Gasteiger partial charge is 0.390 e. The molecule has 0 bridgehead atoms. The van der Waals surface area contributed by atoms with E-state index in [0.29, 0.717) is 38.8 Å². The maximum absolute atomic E-state index is 12.9. The van der Waals surface area contributed by atoms with E-state index in [1.807, 2.05) is 18.2 Å². The number of nitriles is 1. The molecular formula is C26H27N7O2. The molecule has 9 heteroatoms. The second-order valence-corrected chi connectivity index (χ2v) is 9.03. The average Bonchev–Trinajstić information content (AvgIpc) is 3.46. The van der Waals surface area contributed by atoms with E-state index in [2.05, 4.69) is 44.5 Å². The lowest BCUT2D eigenvalue weighted by atomic mass is 10.1. The number of carbonyl (C=O) groups excluding carboxylic acids is 1. The third kappa shape index (κ3) is 5.29. The number of aromatic nitrogens is 3. The Bertz CT molecular complexity index is 1200. The summed E-state index contributed by atoms with van der Waals surface area (Å²) >= 11 is 0. The standard InChI is InChI=1S/C26H27N7O2/c27-11-25-30-13-21(14-31-25)20-5-6-22(28-12-20)16-32-7-8-33(26(32)35)17-24(34)15-29-23-9-18-3-1-2-4-19(18)10-23/h1-6,12-14,23-24,29,34H,7-10,15-17H2. The molecule has 35 heavy (non-hydrogen) atoms. The van der Waals surface area contributed by atoms with E-state index >= 15 is 0 Å². The highest BCUT2D eigenvalue weighted by atomic mass is 16.3. The maximum Gasteiger partial charge on any atom is 0.320 e. The molecule has 1 saturated heterocycles. The van der Waals surface area contributed by atoms with Gasteiger partial charge in [-0.3, -0.25) is 4.98 Å². The van der Waals surface area contributed by atoms with Crippen LogP contribution in [-0.4, -0.2) is 74.2 Å². The number of hydrogen-bond donors (Lipinski definition) is 2. The Morgan fingerprint density at radius 3 is 2.34 bits per heavy atom. The predicted octanol–water partition coefficient (Wildman–Crippen LogP) is 1.77. The first-order chi connectivity index (χ1) is 17.1. The Morgan fingerprint density at radius 1 is 1.00 bits per heavy atom. The average molecular weight is 470 g/mol. The number of rotatable bonds is 8. The molecule has 0 saturated carbocycles. The number of β-amino-alcohol motifs (C(OH)–C–C–N with tert-alkyl or cyclic N) is 1. The number of amides is 2. The Balaban J connectivity index is 1.09. The van der Waals surface area contributed by atoms with Crippen molar-refractivity contribution >= 4 is 6.03 Å². The second kappa shape index (κ2) is 10.2. The molecule has 1 aromatic carbocycles. The van der Waals surface area contributed by atoms with Crippen molar-refractivity contribution in [2.24, 2.45) is 0 Å². The molecule has 2 N–H and O–H groups in total. The number of nitrogens with one attached hydrogen (secondary N) is 1. The fourth-order valence-electron chi connectivity index (χ4n) is 4.69. The molecule has 0 radical (unpaired) electrons. The van der Waals surface area contributed by atoms with Crippen LogP contribution in [0.4, 0.5) is 4.79 Å². The molecule has 2 aliphatic rings. The monoisotopic (exact) mass is 469 g/mol. The van der Waals surface area contributed by atoms with Crippen molar-refractivity contribution in [3.8, 4) is 17.2 Å². The van der Waals surface area contributed by atoms with E-state index in [-0.39, 0.29) is 11.9 Å². The van der Waals surface area contributed by atoms with Crippen LogP contribution in [0.3, 0.4) is 0 Å². The van der Waals surface area contributed by atoms with Gasteiger partial charge in [-0.2, -0.15) is 5.26 Å². The van der Waals surface area contributed by atoms with Crippen molar-refractivity contribution in [3.63, 3.8) is 0 Å². The Kier molecular flexibility index (Phi) is 6.66. The van der Waals surface area contributed by atoms with E-state index in [1.165, 1.54) is 11.1 Å². The van der Waals surface area contributed by atoms with Gasteiger partial charge in [0.25, 0.3) is 0 Å². The third-order valence-electron chi connectivity index (χ3n) is 6.57. The van der Waals surface area contributed by atoms with E-state index in [1.54, 1.807) is 28.4 Å². The molecule has 1 aliphatic carbocycles. The summed E-state index contributed by atoms with van der Waals surface area (Å²) in [7, 11) is 0. The molecule has 178 valence electrons. The van der Waals surface area contributed by atoms with Crippen molar-refractivity contribution in [2.75, 3.05) is 26.2 Å².